The van der Waals surface area contributed by atoms with Crippen LogP contribution < -0.4 is 21.9 Å². The van der Waals surface area contributed by atoms with Crippen molar-refractivity contribution < 1.29 is 33.3 Å². The van der Waals surface area contributed by atoms with Crippen LogP contribution in [0.5, 0.6) is 5.75 Å². The van der Waals surface area contributed by atoms with Crippen LogP contribution in [0.4, 0.5) is 5.69 Å². The molecular weight excluding hydrogens is 439 g/mol. The molecule has 2 heterocycles. The number of nitrogens with zero attached hydrogens (tertiary/aromatic N) is 2. The Morgan fingerprint density at radius 1 is 1.35 bits per heavy atom. The second kappa shape index (κ2) is 9.51. The highest BCUT2D eigenvalue weighted by molar-refractivity contribution is 7.47. The molecule has 0 radical (unpaired) electrons. The summed E-state index contributed by atoms with van der Waals surface area (Å²) >= 11 is 0. The van der Waals surface area contributed by atoms with E-state index in [2.05, 4.69) is 4.98 Å². The summed E-state index contributed by atoms with van der Waals surface area (Å²) in [5, 5.41) is 20.2. The van der Waals surface area contributed by atoms with Crippen LogP contribution in [0.15, 0.2) is 40.1 Å². The normalized spacial score (nSPS) is 22.4. The van der Waals surface area contributed by atoms with Gasteiger partial charge in [0.05, 0.1) is 11.5 Å². The molecule has 15 heteroatoms. The Hall–Kier alpha value is -2.87. The van der Waals surface area contributed by atoms with Gasteiger partial charge in [0.2, 0.25) is 0 Å². The van der Waals surface area contributed by atoms with Gasteiger partial charge >= 0.3 is 13.5 Å². The van der Waals surface area contributed by atoms with Gasteiger partial charge in [-0.3, -0.25) is 33.9 Å². The van der Waals surface area contributed by atoms with Gasteiger partial charge in [-0.15, -0.1) is 0 Å². The second-order valence-electron chi connectivity index (χ2n) is 6.48. The van der Waals surface area contributed by atoms with Crippen LogP contribution in [-0.4, -0.2) is 43.3 Å². The molecule has 0 bridgehead atoms. The number of phosphoric acid groups is 1. The highest BCUT2D eigenvalue weighted by atomic mass is 31.2. The zero-order valence-electron chi connectivity index (χ0n) is 16.2. The van der Waals surface area contributed by atoms with Crippen LogP contribution in [0, 0.1) is 17.0 Å². The van der Waals surface area contributed by atoms with Gasteiger partial charge in [-0.1, -0.05) is 0 Å². The molecule has 1 aliphatic rings. The van der Waals surface area contributed by atoms with Crippen molar-refractivity contribution in [1.29, 1.82) is 0 Å². The number of nitro groups is 1. The first-order chi connectivity index (χ1) is 14.1. The lowest BCUT2D eigenvalue weighted by atomic mass is 10.2. The predicted molar refractivity (Wildman–Crippen MR) is 105 cm³/mol. The van der Waals surface area contributed by atoms with Crippen LogP contribution in [0.3, 0.4) is 0 Å². The van der Waals surface area contributed by atoms with Crippen LogP contribution in [-0.2, 0) is 13.8 Å². The standard InChI is InChI=1S/C16H18N3O10P.H3N/c1-9-7-18(16(22)17-15(9)21)14-6-12(13(8-20)27-14)29-30(25,26)28-11-4-2-10(3-5-11)19(23)24;/h2-5,7,12-14,20H,6,8H2,1H3,(H,25,26)(H,17,21,22);1H3/t12-,13+,14+;/m0./s1. The highest BCUT2D eigenvalue weighted by Gasteiger charge is 2.42. The predicted octanol–water partition coefficient (Wildman–Crippen LogP) is 0.760. The van der Waals surface area contributed by atoms with Gasteiger partial charge in [-0.05, 0) is 19.1 Å². The largest absolute Gasteiger partial charge is 0.527 e. The highest BCUT2D eigenvalue weighted by Crippen LogP contribution is 2.48. The molecule has 1 aliphatic heterocycles. The summed E-state index contributed by atoms with van der Waals surface area (Å²) < 4.78 is 29.0. The summed E-state index contributed by atoms with van der Waals surface area (Å²) in [5.41, 5.74) is -1.29. The van der Waals surface area contributed by atoms with Crippen molar-refractivity contribution >= 4 is 13.5 Å². The van der Waals surface area contributed by atoms with Crippen LogP contribution in [0.25, 0.3) is 0 Å². The van der Waals surface area contributed by atoms with Crippen molar-refractivity contribution in [3.05, 3.63) is 67.0 Å². The summed E-state index contributed by atoms with van der Waals surface area (Å²) in [6, 6.07) is 4.44. The van der Waals surface area contributed by atoms with Crippen molar-refractivity contribution in [3.8, 4) is 5.75 Å². The minimum Gasteiger partial charge on any atom is -0.404 e. The number of aromatic nitrogens is 2. The number of ether oxygens (including phenoxy) is 1. The fourth-order valence-corrected chi connectivity index (χ4v) is 3.90. The molecular formula is C16H21N4O10P. The molecule has 1 fully saturated rings. The first-order valence-electron chi connectivity index (χ1n) is 8.63. The van der Waals surface area contributed by atoms with E-state index in [-0.39, 0.29) is 29.6 Å². The number of non-ortho nitro benzene ring substituents is 1. The summed E-state index contributed by atoms with van der Waals surface area (Å²) in [7, 11) is -4.71. The maximum Gasteiger partial charge on any atom is 0.527 e. The molecule has 4 atom stereocenters. The maximum atomic E-state index is 12.4. The Balaban J connectivity index is 0.00000341. The average molecular weight is 460 g/mol. The lowest BCUT2D eigenvalue weighted by molar-refractivity contribution is -0.384. The Labute approximate surface area is 174 Å². The molecule has 0 amide bonds. The summed E-state index contributed by atoms with van der Waals surface area (Å²) in [6.45, 7) is 0.914. The summed E-state index contributed by atoms with van der Waals surface area (Å²) in [6.07, 6.45) is -1.95. The fraction of sp³-hybridized carbons (Fsp3) is 0.375. The van der Waals surface area contributed by atoms with Crippen molar-refractivity contribution in [2.24, 2.45) is 0 Å². The Bertz CT molecular complexity index is 1100. The number of aliphatic hydroxyl groups excluding tert-OH is 1. The lowest BCUT2D eigenvalue weighted by Crippen LogP contribution is -2.33. The number of aliphatic hydroxyl groups is 1. The fourth-order valence-electron chi connectivity index (χ4n) is 2.90. The monoisotopic (exact) mass is 460 g/mol. The molecule has 6 N–H and O–H groups in total. The number of nitrogens with one attached hydrogen (secondary N) is 1. The molecule has 0 saturated carbocycles. The number of hydrogen-bond acceptors (Lipinski definition) is 10. The number of phosphoric ester groups is 1. The van der Waals surface area contributed by atoms with Gasteiger partial charge < -0.3 is 20.5 Å². The van der Waals surface area contributed by atoms with Gasteiger partial charge in [-0.2, -0.15) is 0 Å². The molecule has 170 valence electrons. The van der Waals surface area contributed by atoms with Crippen molar-refractivity contribution in [1.82, 2.24) is 15.7 Å². The third-order valence-corrected chi connectivity index (χ3v) is 5.33. The molecule has 1 unspecified atom stereocenters. The molecule has 1 saturated heterocycles. The molecule has 2 aromatic rings. The van der Waals surface area contributed by atoms with Crippen LogP contribution in [0.2, 0.25) is 0 Å². The van der Waals surface area contributed by atoms with Crippen LogP contribution >= 0.6 is 7.82 Å². The first-order valence-corrected chi connectivity index (χ1v) is 10.1. The molecule has 0 spiro atoms. The lowest BCUT2D eigenvalue weighted by Gasteiger charge is -2.20. The third-order valence-electron chi connectivity index (χ3n) is 4.35. The smallest absolute Gasteiger partial charge is 0.404 e. The van der Waals surface area contributed by atoms with Gasteiger partial charge in [0, 0.05) is 30.3 Å². The number of rotatable bonds is 7. The molecule has 1 aromatic heterocycles. The first kappa shape index (κ1) is 24.4. The quantitative estimate of drug-likeness (QED) is 0.257. The summed E-state index contributed by atoms with van der Waals surface area (Å²) in [5.74, 6) is -0.144. The second-order valence-corrected chi connectivity index (χ2v) is 7.81. The maximum absolute atomic E-state index is 12.4. The zero-order chi connectivity index (χ0) is 22.1. The zero-order valence-corrected chi connectivity index (χ0v) is 17.1. The van der Waals surface area contributed by atoms with Crippen molar-refractivity contribution in [2.45, 2.75) is 31.8 Å². The van der Waals surface area contributed by atoms with E-state index in [9.17, 15) is 34.3 Å². The van der Waals surface area contributed by atoms with Gasteiger partial charge in [0.15, 0.2) is 0 Å². The number of benzene rings is 1. The molecule has 14 nitrogen and oxygen atoms in total. The van der Waals surface area contributed by atoms with Gasteiger partial charge in [-0.25, -0.2) is 9.36 Å². The van der Waals surface area contributed by atoms with Crippen molar-refractivity contribution in [2.75, 3.05) is 6.61 Å². The number of hydrogen-bond donors (Lipinski definition) is 4. The van der Waals surface area contributed by atoms with E-state index in [0.29, 0.717) is 0 Å². The Morgan fingerprint density at radius 2 is 2.00 bits per heavy atom. The van der Waals surface area contributed by atoms with Crippen molar-refractivity contribution in [3.63, 3.8) is 0 Å². The van der Waals surface area contributed by atoms with E-state index in [1.165, 1.54) is 13.1 Å². The molecule has 31 heavy (non-hydrogen) atoms. The molecule has 1 aromatic carbocycles. The third kappa shape index (κ3) is 5.64. The van der Waals surface area contributed by atoms with E-state index >= 15 is 0 Å². The number of nitro benzene ring substituents is 1. The number of aryl methyl sites for hydroxylation is 1. The minimum absolute atomic E-state index is 0. The Morgan fingerprint density at radius 3 is 2.58 bits per heavy atom. The molecule has 3 rings (SSSR count). The van der Waals surface area contributed by atoms with Gasteiger partial charge in [0.25, 0.3) is 11.2 Å². The van der Waals surface area contributed by atoms with E-state index in [4.69, 9.17) is 13.8 Å². The topological polar surface area (TPSA) is 218 Å². The molecule has 0 aliphatic carbocycles. The SMILES string of the molecule is Cc1cn([C@H]2C[C@H](OP(=O)(O)Oc3ccc([N+](=O)[O-])cc3)[C@@H](CO)O2)c(=O)[nH]c1=O.N. The van der Waals surface area contributed by atoms with Crippen LogP contribution in [0.1, 0.15) is 18.2 Å². The van der Waals surface area contributed by atoms with Gasteiger partial charge in [0.1, 0.15) is 24.2 Å². The van der Waals surface area contributed by atoms with E-state index in [1.807, 2.05) is 0 Å². The summed E-state index contributed by atoms with van der Waals surface area (Å²) in [4.78, 5) is 45.7. The average Bonchev–Trinajstić information content (AvgIpc) is 3.06. The number of aromatic amines is 1. The van der Waals surface area contributed by atoms with E-state index in [1.54, 1.807) is 0 Å². The number of H-pyrrole nitrogens is 1. The van der Waals surface area contributed by atoms with E-state index in [0.717, 1.165) is 28.8 Å². The van der Waals surface area contributed by atoms with E-state index < -0.39 is 49.0 Å². The Kier molecular flexibility index (Phi) is 7.49. The minimum atomic E-state index is -4.71.